The van der Waals surface area contributed by atoms with Gasteiger partial charge in [-0.05, 0) is 42.5 Å². The van der Waals surface area contributed by atoms with Gasteiger partial charge in [-0.2, -0.15) is 0 Å². The van der Waals surface area contributed by atoms with Gasteiger partial charge >= 0.3 is 0 Å². The lowest BCUT2D eigenvalue weighted by Crippen LogP contribution is -2.32. The van der Waals surface area contributed by atoms with Crippen LogP contribution >= 0.6 is 0 Å². The third-order valence-electron chi connectivity index (χ3n) is 4.85. The predicted octanol–water partition coefficient (Wildman–Crippen LogP) is 2.81. The summed E-state index contributed by atoms with van der Waals surface area (Å²) in [5.41, 5.74) is 1.98. The molecule has 0 unspecified atom stereocenters. The molecule has 0 bridgehead atoms. The minimum Gasteiger partial charge on any atom is -0.355 e. The number of amides is 1. The summed E-state index contributed by atoms with van der Waals surface area (Å²) in [5, 5.41) is 2.90. The van der Waals surface area contributed by atoms with Gasteiger partial charge in [0.15, 0.2) is 0 Å². The molecule has 3 rings (SSSR count). The molecule has 0 spiro atoms. The Morgan fingerprint density at radius 2 is 1.59 bits per heavy atom. The fraction of sp³-hybridized carbons (Fsp3) is 0.381. The van der Waals surface area contributed by atoms with Gasteiger partial charge in [0.2, 0.25) is 15.9 Å². The molecule has 1 fully saturated rings. The van der Waals surface area contributed by atoms with Crippen molar-refractivity contribution in [3.05, 3.63) is 65.7 Å². The quantitative estimate of drug-likeness (QED) is 0.733. The molecule has 1 saturated carbocycles. The lowest BCUT2D eigenvalue weighted by Gasteiger charge is -2.13. The maximum atomic E-state index is 12.4. The molecule has 27 heavy (non-hydrogen) atoms. The van der Waals surface area contributed by atoms with Gasteiger partial charge in [0.25, 0.3) is 0 Å². The Labute approximate surface area is 161 Å². The molecule has 0 atom stereocenters. The third kappa shape index (κ3) is 5.91. The van der Waals surface area contributed by atoms with E-state index in [2.05, 4.69) is 10.0 Å². The van der Waals surface area contributed by atoms with Gasteiger partial charge in [0, 0.05) is 12.6 Å². The maximum absolute atomic E-state index is 12.4. The van der Waals surface area contributed by atoms with Crippen LogP contribution in [0.5, 0.6) is 0 Å². The Balaban J connectivity index is 1.46. The van der Waals surface area contributed by atoms with Crippen LogP contribution in [0.1, 0.15) is 36.8 Å². The molecule has 1 aliphatic carbocycles. The Morgan fingerprint density at radius 1 is 0.926 bits per heavy atom. The first-order chi connectivity index (χ1) is 13.0. The Morgan fingerprint density at radius 3 is 2.26 bits per heavy atom. The highest BCUT2D eigenvalue weighted by Gasteiger charge is 2.22. The second-order valence-corrected chi connectivity index (χ2v) is 8.72. The number of sulfonamides is 1. The summed E-state index contributed by atoms with van der Waals surface area (Å²) in [4.78, 5) is 12.3. The van der Waals surface area contributed by atoms with Crippen molar-refractivity contribution in [2.45, 2.75) is 49.5 Å². The van der Waals surface area contributed by atoms with E-state index in [-0.39, 0.29) is 11.9 Å². The number of carbonyl (C=O) groups is 1. The van der Waals surface area contributed by atoms with E-state index in [0.717, 1.165) is 36.8 Å². The van der Waals surface area contributed by atoms with Gasteiger partial charge in [0.05, 0.1) is 11.3 Å². The van der Waals surface area contributed by atoms with Crippen molar-refractivity contribution in [3.8, 4) is 0 Å². The molecule has 6 heteroatoms. The summed E-state index contributed by atoms with van der Waals surface area (Å²) in [5.74, 6) is -0.0128. The minimum atomic E-state index is -3.45. The smallest absolute Gasteiger partial charge is 0.240 e. The normalized spacial score (nSPS) is 15.0. The van der Waals surface area contributed by atoms with Crippen LogP contribution in [0, 0.1) is 0 Å². The highest BCUT2D eigenvalue weighted by molar-refractivity contribution is 7.89. The molecular formula is C21H26N2O3S. The van der Waals surface area contributed by atoms with Crippen LogP contribution in [0.15, 0.2) is 59.5 Å². The van der Waals surface area contributed by atoms with Crippen LogP contribution < -0.4 is 10.0 Å². The van der Waals surface area contributed by atoms with Crippen molar-refractivity contribution in [2.24, 2.45) is 0 Å². The molecule has 2 aromatic carbocycles. The van der Waals surface area contributed by atoms with Crippen molar-refractivity contribution in [2.75, 3.05) is 6.54 Å². The van der Waals surface area contributed by atoms with E-state index in [1.54, 1.807) is 12.1 Å². The standard InChI is InChI=1S/C21H26N2O3S/c24-21(16-18-6-2-1-3-7-18)22-15-14-17-10-12-20(13-11-17)27(25,26)23-19-8-4-5-9-19/h1-3,6-7,10-13,19,23H,4-5,8-9,14-16H2,(H,22,24). The number of hydrogen-bond acceptors (Lipinski definition) is 3. The number of carbonyl (C=O) groups excluding carboxylic acids is 1. The number of benzene rings is 2. The van der Waals surface area contributed by atoms with Crippen molar-refractivity contribution in [3.63, 3.8) is 0 Å². The summed E-state index contributed by atoms with van der Waals surface area (Å²) in [6.45, 7) is 0.526. The van der Waals surface area contributed by atoms with E-state index in [1.807, 2.05) is 42.5 Å². The Kier molecular flexibility index (Phi) is 6.63. The fourth-order valence-corrected chi connectivity index (χ4v) is 4.66. The van der Waals surface area contributed by atoms with Crippen molar-refractivity contribution in [1.29, 1.82) is 0 Å². The average Bonchev–Trinajstić information content (AvgIpc) is 3.15. The van der Waals surface area contributed by atoms with E-state index in [4.69, 9.17) is 0 Å². The third-order valence-corrected chi connectivity index (χ3v) is 6.39. The van der Waals surface area contributed by atoms with Gasteiger partial charge in [0.1, 0.15) is 0 Å². The molecular weight excluding hydrogens is 360 g/mol. The highest BCUT2D eigenvalue weighted by Crippen LogP contribution is 2.20. The summed E-state index contributed by atoms with van der Waals surface area (Å²) in [6, 6.07) is 16.6. The second kappa shape index (κ2) is 9.15. The van der Waals surface area contributed by atoms with E-state index in [0.29, 0.717) is 24.3 Å². The monoisotopic (exact) mass is 386 g/mol. The van der Waals surface area contributed by atoms with Gasteiger partial charge in [-0.1, -0.05) is 55.3 Å². The topological polar surface area (TPSA) is 75.3 Å². The predicted molar refractivity (Wildman–Crippen MR) is 106 cm³/mol. The van der Waals surface area contributed by atoms with Crippen LogP contribution in [-0.2, 0) is 27.7 Å². The largest absolute Gasteiger partial charge is 0.355 e. The first-order valence-electron chi connectivity index (χ1n) is 9.45. The molecule has 0 aromatic heterocycles. The van der Waals surface area contributed by atoms with E-state index >= 15 is 0 Å². The molecule has 1 amide bonds. The zero-order valence-corrected chi connectivity index (χ0v) is 16.2. The molecule has 144 valence electrons. The molecule has 0 radical (unpaired) electrons. The number of hydrogen-bond donors (Lipinski definition) is 2. The van der Waals surface area contributed by atoms with Crippen LogP contribution in [0.3, 0.4) is 0 Å². The molecule has 5 nitrogen and oxygen atoms in total. The zero-order chi connectivity index (χ0) is 19.1. The van der Waals surface area contributed by atoms with Crippen molar-refractivity contribution >= 4 is 15.9 Å². The van der Waals surface area contributed by atoms with Crippen LogP contribution in [-0.4, -0.2) is 26.9 Å². The summed E-state index contributed by atoms with van der Waals surface area (Å²) in [7, 11) is -3.45. The molecule has 0 saturated heterocycles. The van der Waals surface area contributed by atoms with Crippen LogP contribution in [0.25, 0.3) is 0 Å². The number of nitrogens with one attached hydrogen (secondary N) is 2. The van der Waals surface area contributed by atoms with Gasteiger partial charge in [-0.15, -0.1) is 0 Å². The van der Waals surface area contributed by atoms with Gasteiger partial charge in [-0.3, -0.25) is 4.79 Å². The number of rotatable bonds is 8. The summed E-state index contributed by atoms with van der Waals surface area (Å²) < 4.78 is 27.6. The fourth-order valence-electron chi connectivity index (χ4n) is 3.36. The highest BCUT2D eigenvalue weighted by atomic mass is 32.2. The first-order valence-corrected chi connectivity index (χ1v) is 10.9. The Bertz CT molecular complexity index is 843. The first kappa shape index (κ1) is 19.6. The van der Waals surface area contributed by atoms with Gasteiger partial charge < -0.3 is 5.32 Å². The van der Waals surface area contributed by atoms with E-state index in [9.17, 15) is 13.2 Å². The van der Waals surface area contributed by atoms with E-state index in [1.165, 1.54) is 0 Å². The molecule has 2 aromatic rings. The zero-order valence-electron chi connectivity index (χ0n) is 15.4. The minimum absolute atomic E-state index is 0.0128. The van der Waals surface area contributed by atoms with Crippen molar-refractivity contribution < 1.29 is 13.2 Å². The van der Waals surface area contributed by atoms with E-state index < -0.39 is 10.0 Å². The SMILES string of the molecule is O=C(Cc1ccccc1)NCCc1ccc(S(=O)(=O)NC2CCCC2)cc1. The lowest BCUT2D eigenvalue weighted by molar-refractivity contribution is -0.120. The van der Waals surface area contributed by atoms with Crippen LogP contribution in [0.2, 0.25) is 0 Å². The Hall–Kier alpha value is -2.18. The lowest BCUT2D eigenvalue weighted by atomic mass is 10.1. The average molecular weight is 387 g/mol. The maximum Gasteiger partial charge on any atom is 0.240 e. The van der Waals surface area contributed by atoms with Gasteiger partial charge in [-0.25, -0.2) is 13.1 Å². The van der Waals surface area contributed by atoms with Crippen LogP contribution in [0.4, 0.5) is 0 Å². The summed E-state index contributed by atoms with van der Waals surface area (Å²) >= 11 is 0. The molecule has 0 aliphatic heterocycles. The summed E-state index contributed by atoms with van der Waals surface area (Å²) in [6.07, 6.45) is 5.03. The molecule has 1 aliphatic rings. The molecule has 0 heterocycles. The van der Waals surface area contributed by atoms with Crippen molar-refractivity contribution in [1.82, 2.24) is 10.0 Å². The second-order valence-electron chi connectivity index (χ2n) is 7.01. The molecule has 2 N–H and O–H groups in total.